The number of carbonyl (C=O) groups excluding carboxylic acids is 2. The van der Waals surface area contributed by atoms with E-state index in [4.69, 9.17) is 0 Å². The summed E-state index contributed by atoms with van der Waals surface area (Å²) in [4.78, 5) is 23.7. The summed E-state index contributed by atoms with van der Waals surface area (Å²) >= 11 is 0. The second-order valence-corrected chi connectivity index (χ2v) is 7.37. The lowest BCUT2D eigenvalue weighted by molar-refractivity contribution is -0.122. The van der Waals surface area contributed by atoms with Crippen molar-refractivity contribution in [3.05, 3.63) is 53.9 Å². The molecule has 4 rings (SSSR count). The molecule has 2 aromatic rings. The van der Waals surface area contributed by atoms with E-state index in [1.54, 1.807) is 6.07 Å². The average molecular weight is 385 g/mol. The Morgan fingerprint density at radius 3 is 2.29 bits per heavy atom. The van der Waals surface area contributed by atoms with Crippen LogP contribution in [0.15, 0.2) is 42.5 Å². The van der Waals surface area contributed by atoms with E-state index in [0.29, 0.717) is 17.7 Å². The monoisotopic (exact) mass is 384 g/mol. The van der Waals surface area contributed by atoms with Gasteiger partial charge in [-0.3, -0.25) is 14.7 Å². The molecule has 152 valence electrons. The Morgan fingerprint density at radius 2 is 1.86 bits per heavy atom. The third-order valence-corrected chi connectivity index (χ3v) is 4.64. The van der Waals surface area contributed by atoms with Gasteiger partial charge in [0.25, 0.3) is 0 Å². The molecular formula is C22H32N4O2. The zero-order valence-corrected chi connectivity index (χ0v) is 16.9. The van der Waals surface area contributed by atoms with E-state index in [1.165, 1.54) is 0 Å². The highest BCUT2D eigenvalue weighted by Crippen LogP contribution is 2.29. The normalized spacial score (nSPS) is 18.3. The maximum absolute atomic E-state index is 11.3. The Bertz CT molecular complexity index is 671. The lowest BCUT2D eigenvalue weighted by Crippen LogP contribution is -2.37. The predicted octanol–water partition coefficient (Wildman–Crippen LogP) is 3.08. The smallest absolute Gasteiger partial charge is 0.223 e. The minimum Gasteiger partial charge on any atom is -0.352 e. The van der Waals surface area contributed by atoms with Crippen LogP contribution in [-0.2, 0) is 11.2 Å². The molecule has 1 aromatic heterocycles. The number of aromatic nitrogens is 2. The largest absolute Gasteiger partial charge is 0.352 e. The molecule has 1 saturated heterocycles. The third kappa shape index (κ3) is 8.48. The zero-order valence-electron chi connectivity index (χ0n) is 16.9. The number of likely N-dealkylation sites (N-methyl/N-ethyl adjacent to an activating group) is 1. The Hall–Kier alpha value is -2.47. The van der Waals surface area contributed by atoms with E-state index in [-0.39, 0.29) is 5.91 Å². The molecule has 1 aliphatic carbocycles. The maximum atomic E-state index is 11.3. The van der Waals surface area contributed by atoms with Crippen LogP contribution in [0.5, 0.6) is 0 Å². The fourth-order valence-electron chi connectivity index (χ4n) is 2.94. The number of aromatic amines is 1. The summed E-state index contributed by atoms with van der Waals surface area (Å²) in [6, 6.07) is 14.2. The van der Waals surface area contributed by atoms with Gasteiger partial charge in [0.15, 0.2) is 6.29 Å². The molecule has 1 aromatic carbocycles. The SMILES string of the molecule is CCCc1cc(C=O)n[nH]1.CN1CCC(NC(=O)C2CC2)C1.c1ccccc1. The molecule has 2 aliphatic rings. The second kappa shape index (κ2) is 12.1. The number of hydrogen-bond donors (Lipinski definition) is 2. The summed E-state index contributed by atoms with van der Waals surface area (Å²) in [5, 5.41) is 9.63. The van der Waals surface area contributed by atoms with Gasteiger partial charge in [-0.25, -0.2) is 0 Å². The Kier molecular flexibility index (Phi) is 9.42. The molecule has 0 spiro atoms. The van der Waals surface area contributed by atoms with E-state index in [0.717, 1.165) is 57.2 Å². The van der Waals surface area contributed by atoms with Crippen molar-refractivity contribution in [2.45, 2.75) is 45.1 Å². The van der Waals surface area contributed by atoms with Gasteiger partial charge in [0, 0.05) is 24.2 Å². The number of benzene rings is 1. The van der Waals surface area contributed by atoms with Gasteiger partial charge in [-0.05, 0) is 45.3 Å². The molecule has 2 heterocycles. The van der Waals surface area contributed by atoms with Crippen molar-refractivity contribution in [1.82, 2.24) is 20.4 Å². The number of H-pyrrole nitrogens is 1. The Morgan fingerprint density at radius 1 is 1.21 bits per heavy atom. The van der Waals surface area contributed by atoms with Crippen LogP contribution in [-0.4, -0.2) is 53.5 Å². The lowest BCUT2D eigenvalue weighted by atomic mass is 10.2. The Labute approximate surface area is 167 Å². The van der Waals surface area contributed by atoms with Crippen LogP contribution in [0.3, 0.4) is 0 Å². The summed E-state index contributed by atoms with van der Waals surface area (Å²) in [5.74, 6) is 0.645. The standard InChI is InChI=1S/C9H16N2O.C7H10N2O.C6H6/c1-11-5-4-8(6-11)10-9(12)7-2-3-7;1-2-3-6-4-7(5-10)9-8-6;1-2-4-6-5-3-1/h7-8H,2-6H2,1H3,(H,10,12);4-5H,2-3H2,1H3,(H,8,9);1-6H. The van der Waals surface area contributed by atoms with Crippen molar-refractivity contribution < 1.29 is 9.59 Å². The number of carbonyl (C=O) groups is 2. The van der Waals surface area contributed by atoms with Gasteiger partial charge >= 0.3 is 0 Å². The van der Waals surface area contributed by atoms with Gasteiger partial charge in [-0.15, -0.1) is 0 Å². The molecule has 1 unspecified atom stereocenters. The predicted molar refractivity (Wildman–Crippen MR) is 111 cm³/mol. The molecule has 1 atom stereocenters. The average Bonchev–Trinajstić information content (AvgIpc) is 3.36. The third-order valence-electron chi connectivity index (χ3n) is 4.64. The highest BCUT2D eigenvalue weighted by Gasteiger charge is 2.32. The van der Waals surface area contributed by atoms with Crippen molar-refractivity contribution >= 4 is 12.2 Å². The van der Waals surface area contributed by atoms with E-state index in [2.05, 4.69) is 34.4 Å². The number of hydrogen-bond acceptors (Lipinski definition) is 4. The van der Waals surface area contributed by atoms with Gasteiger partial charge in [0.2, 0.25) is 5.91 Å². The summed E-state index contributed by atoms with van der Waals surface area (Å²) in [7, 11) is 2.10. The number of nitrogens with zero attached hydrogens (tertiary/aromatic N) is 2. The van der Waals surface area contributed by atoms with Crippen molar-refractivity contribution in [1.29, 1.82) is 0 Å². The lowest BCUT2D eigenvalue weighted by Gasteiger charge is -2.11. The first-order valence-electron chi connectivity index (χ1n) is 10.1. The maximum Gasteiger partial charge on any atom is 0.223 e. The number of amides is 1. The number of aldehydes is 1. The molecule has 2 fully saturated rings. The quantitative estimate of drug-likeness (QED) is 0.777. The number of likely N-dealkylation sites (tertiary alicyclic amines) is 1. The van der Waals surface area contributed by atoms with E-state index in [1.807, 2.05) is 36.4 Å². The summed E-state index contributed by atoms with van der Waals surface area (Å²) in [6.45, 7) is 4.23. The first kappa shape index (κ1) is 21.8. The molecule has 6 nitrogen and oxygen atoms in total. The minimum absolute atomic E-state index is 0.287. The van der Waals surface area contributed by atoms with Crippen LogP contribution in [0.25, 0.3) is 0 Å². The van der Waals surface area contributed by atoms with Gasteiger partial charge < -0.3 is 10.2 Å². The van der Waals surface area contributed by atoms with Crippen molar-refractivity contribution in [3.8, 4) is 0 Å². The van der Waals surface area contributed by atoms with Gasteiger partial charge in [-0.1, -0.05) is 49.7 Å². The van der Waals surface area contributed by atoms with Crippen molar-refractivity contribution in [2.75, 3.05) is 20.1 Å². The van der Waals surface area contributed by atoms with Crippen LogP contribution in [0.2, 0.25) is 0 Å². The highest BCUT2D eigenvalue weighted by atomic mass is 16.2. The fourth-order valence-corrected chi connectivity index (χ4v) is 2.94. The molecule has 0 radical (unpaired) electrons. The molecule has 6 heteroatoms. The topological polar surface area (TPSA) is 78.1 Å². The first-order valence-corrected chi connectivity index (χ1v) is 10.1. The molecule has 1 aliphatic heterocycles. The number of aryl methyl sites for hydroxylation is 1. The first-order chi connectivity index (χ1) is 13.6. The van der Waals surface area contributed by atoms with Crippen molar-refractivity contribution in [2.24, 2.45) is 5.92 Å². The molecular weight excluding hydrogens is 352 g/mol. The number of nitrogens with one attached hydrogen (secondary N) is 2. The highest BCUT2D eigenvalue weighted by molar-refractivity contribution is 5.81. The molecule has 1 saturated carbocycles. The summed E-state index contributed by atoms with van der Waals surface area (Å²) < 4.78 is 0. The van der Waals surface area contributed by atoms with Crippen LogP contribution >= 0.6 is 0 Å². The van der Waals surface area contributed by atoms with Gasteiger partial charge in [0.1, 0.15) is 5.69 Å². The summed E-state index contributed by atoms with van der Waals surface area (Å²) in [5.41, 5.74) is 1.52. The minimum atomic E-state index is 0.287. The van der Waals surface area contributed by atoms with Crippen LogP contribution in [0.1, 0.15) is 48.8 Å². The summed E-state index contributed by atoms with van der Waals surface area (Å²) in [6.07, 6.45) is 6.11. The van der Waals surface area contributed by atoms with E-state index < -0.39 is 0 Å². The van der Waals surface area contributed by atoms with Crippen LogP contribution in [0.4, 0.5) is 0 Å². The molecule has 2 N–H and O–H groups in total. The number of rotatable bonds is 5. The van der Waals surface area contributed by atoms with E-state index in [9.17, 15) is 9.59 Å². The molecule has 0 bridgehead atoms. The fraction of sp³-hybridized carbons (Fsp3) is 0.500. The molecule has 28 heavy (non-hydrogen) atoms. The Balaban J connectivity index is 0.000000159. The van der Waals surface area contributed by atoms with Crippen LogP contribution < -0.4 is 5.32 Å². The zero-order chi connectivity index (χ0) is 20.2. The van der Waals surface area contributed by atoms with Gasteiger partial charge in [0.05, 0.1) is 0 Å². The molecule has 1 amide bonds. The second-order valence-electron chi connectivity index (χ2n) is 7.37. The van der Waals surface area contributed by atoms with E-state index >= 15 is 0 Å². The van der Waals surface area contributed by atoms with Gasteiger partial charge in [-0.2, -0.15) is 5.10 Å². The van der Waals surface area contributed by atoms with Crippen molar-refractivity contribution in [3.63, 3.8) is 0 Å². The van der Waals surface area contributed by atoms with Crippen LogP contribution in [0, 0.1) is 5.92 Å².